The SMILES string of the molecule is BrCCc1cccc2ccccc12.CCCCCCCCCCCBr.CCCCCCCCCCC[n+]1cn(CCc2cccc3ccccc23)c(Cl)c1Cl.CCCCCCCCCCC[n+]1cn(CCc2cccc3ccccc23)c(Cl)c1Cl.CCCCCCCCCCCn1cnc(Cl)c1Cl.Clc1nc[nH]c1Cl.[Br-].[Br-]. The molecule has 112 heavy (non-hydrogen) atoms. The zero-order valence-corrected chi connectivity index (χ0v) is 80.0. The molecule has 8 nitrogen and oxygen atoms in total. The van der Waals surface area contributed by atoms with Crippen LogP contribution in [0.1, 0.15) is 276 Å². The van der Waals surface area contributed by atoms with Crippen molar-refractivity contribution in [3.05, 3.63) is 211 Å². The van der Waals surface area contributed by atoms with Crippen LogP contribution in [0.3, 0.4) is 0 Å². The molecule has 10 rings (SSSR count). The van der Waals surface area contributed by atoms with Gasteiger partial charge in [0, 0.05) is 30.0 Å². The maximum absolute atomic E-state index is 6.53. The third kappa shape index (κ3) is 41.7. The number of aromatic amines is 1. The quantitative estimate of drug-likeness (QED) is 0.0235. The Balaban J connectivity index is 0.000000368. The van der Waals surface area contributed by atoms with Crippen molar-refractivity contribution in [2.45, 2.75) is 311 Å². The summed E-state index contributed by atoms with van der Waals surface area (Å²) in [5.74, 6) is 0. The maximum Gasteiger partial charge on any atom is 0.255 e. The summed E-state index contributed by atoms with van der Waals surface area (Å²) in [5, 5.41) is 14.4. The Hall–Kier alpha value is -2.82. The highest BCUT2D eigenvalue weighted by molar-refractivity contribution is 9.09. The highest BCUT2D eigenvalue weighted by Crippen LogP contribution is 2.27. The predicted octanol–water partition coefficient (Wildman–Crippen LogP) is 26.2. The van der Waals surface area contributed by atoms with Crippen LogP contribution in [-0.4, -0.2) is 39.3 Å². The van der Waals surface area contributed by atoms with Crippen LogP contribution in [0.4, 0.5) is 0 Å². The highest BCUT2D eigenvalue weighted by Gasteiger charge is 2.22. The number of hydrogen-bond donors (Lipinski definition) is 1. The summed E-state index contributed by atoms with van der Waals surface area (Å²) in [6, 6.07) is 45.1. The van der Waals surface area contributed by atoms with Gasteiger partial charge in [-0.3, -0.25) is 0 Å². The molecule has 622 valence electrons. The molecule has 6 aromatic carbocycles. The van der Waals surface area contributed by atoms with Gasteiger partial charge in [0.1, 0.15) is 10.3 Å². The Morgan fingerprint density at radius 1 is 0.321 bits per heavy atom. The number of rotatable bonds is 47. The van der Waals surface area contributed by atoms with Crippen molar-refractivity contribution in [1.82, 2.24) is 28.7 Å². The van der Waals surface area contributed by atoms with E-state index >= 15 is 0 Å². The number of aryl methyl sites for hydroxylation is 8. The number of hydrogen-bond acceptors (Lipinski definition) is 2. The minimum atomic E-state index is 0. The smallest absolute Gasteiger partial charge is 0.255 e. The molecule has 0 atom stereocenters. The second-order valence-electron chi connectivity index (χ2n) is 29.1. The van der Waals surface area contributed by atoms with Crippen molar-refractivity contribution < 1.29 is 43.1 Å². The minimum absolute atomic E-state index is 0. The van der Waals surface area contributed by atoms with E-state index in [1.807, 2.05) is 4.57 Å². The first kappa shape index (κ1) is 103. The number of aromatic nitrogens is 8. The normalized spacial score (nSPS) is 10.8. The van der Waals surface area contributed by atoms with E-state index in [9.17, 15) is 0 Å². The summed E-state index contributed by atoms with van der Waals surface area (Å²) in [4.78, 5) is 10.2. The van der Waals surface area contributed by atoms with Crippen LogP contribution in [-0.2, 0) is 52.0 Å². The molecule has 0 saturated heterocycles. The molecular formula is C92H130Br4Cl8N8. The summed E-state index contributed by atoms with van der Waals surface area (Å²) in [5.41, 5.74) is 4.12. The van der Waals surface area contributed by atoms with Crippen molar-refractivity contribution in [2.24, 2.45) is 0 Å². The fraction of sp³-hybridized carbons (Fsp3) is 0.543. The Morgan fingerprint density at radius 2 is 0.643 bits per heavy atom. The summed E-state index contributed by atoms with van der Waals surface area (Å²) in [6.07, 6.45) is 59.1. The van der Waals surface area contributed by atoms with Gasteiger partial charge >= 0.3 is 0 Å². The van der Waals surface area contributed by atoms with Gasteiger partial charge in [-0.25, -0.2) is 28.2 Å². The topological polar surface area (TPSA) is 64.1 Å². The van der Waals surface area contributed by atoms with Gasteiger partial charge in [-0.1, -0.05) is 426 Å². The van der Waals surface area contributed by atoms with E-state index in [4.69, 9.17) is 92.8 Å². The molecule has 0 radical (unpaired) electrons. The van der Waals surface area contributed by atoms with E-state index in [0.29, 0.717) is 41.2 Å². The molecule has 4 heterocycles. The number of nitrogens with zero attached hydrogens (tertiary/aromatic N) is 7. The monoisotopic (exact) mass is 1940 g/mol. The minimum Gasteiger partial charge on any atom is -1.00 e. The van der Waals surface area contributed by atoms with Crippen molar-refractivity contribution >= 4 is 157 Å². The van der Waals surface area contributed by atoms with Crippen LogP contribution >= 0.6 is 125 Å². The van der Waals surface area contributed by atoms with Gasteiger partial charge in [-0.05, 0) is 140 Å². The molecule has 0 fully saturated rings. The van der Waals surface area contributed by atoms with Crippen LogP contribution in [0.25, 0.3) is 32.3 Å². The van der Waals surface area contributed by atoms with E-state index in [2.05, 4.69) is 233 Å². The fourth-order valence-electron chi connectivity index (χ4n) is 13.7. The molecule has 0 aliphatic carbocycles. The lowest BCUT2D eigenvalue weighted by atomic mass is 10.0. The molecule has 1 N–H and O–H groups in total. The Labute approximate surface area is 753 Å². The molecule has 0 aliphatic heterocycles. The standard InChI is InChI=1S/2C26H35Cl2N2.C14H24Cl2N2.C12H11Br.C11H23Br.C3H2Cl2N2.2BrH/c2*1-2-3-4-5-6-7-8-9-12-19-29-21-30(26(28)25(29)27)20-18-23-16-13-15-22-14-10-11-17-24(22)23;1-2-3-4-5-6-7-8-9-10-11-18-12-17-13(15)14(18)16;13-9-8-11-6-3-5-10-4-1-2-7-12(10)11;1-2-3-4-5-6-7-8-9-10-11-12;4-2-3(5)7-1-6-2;;/h2*10-11,13-17,21H,2-9,12,18-20H2,1H3;12H,2-11H2,1H3;1-7H,8-9H2;2-11H2,1H3;1H,(H,6,7);2*1H/q2*+1;;;;;;/p-2. The van der Waals surface area contributed by atoms with Crippen LogP contribution in [0.5, 0.6) is 0 Å². The number of nitrogens with one attached hydrogen (secondary N) is 1. The van der Waals surface area contributed by atoms with E-state index in [-0.39, 0.29) is 34.0 Å². The van der Waals surface area contributed by atoms with Crippen molar-refractivity contribution in [3.8, 4) is 0 Å². The van der Waals surface area contributed by atoms with Crippen LogP contribution in [0.2, 0.25) is 41.2 Å². The van der Waals surface area contributed by atoms with Crippen LogP contribution in [0.15, 0.2) is 153 Å². The second kappa shape index (κ2) is 66.0. The number of benzene rings is 6. The molecule has 20 heteroatoms. The molecule has 0 spiro atoms. The molecular weight excluding hydrogens is 1820 g/mol. The van der Waals surface area contributed by atoms with Crippen molar-refractivity contribution in [1.29, 1.82) is 0 Å². The van der Waals surface area contributed by atoms with Crippen LogP contribution < -0.4 is 43.1 Å². The summed E-state index contributed by atoms with van der Waals surface area (Å²) in [6.45, 7) is 13.5. The summed E-state index contributed by atoms with van der Waals surface area (Å²) >= 11 is 55.5. The number of H-pyrrole nitrogens is 1. The van der Waals surface area contributed by atoms with Crippen molar-refractivity contribution in [2.75, 3.05) is 10.7 Å². The fourth-order valence-corrected chi connectivity index (χ4v) is 16.0. The third-order valence-corrected chi connectivity index (χ3v) is 24.4. The lowest BCUT2D eigenvalue weighted by molar-refractivity contribution is -0.694. The summed E-state index contributed by atoms with van der Waals surface area (Å²) in [7, 11) is 0. The maximum atomic E-state index is 6.53. The first-order valence-corrected chi connectivity index (χ1v) is 47.2. The van der Waals surface area contributed by atoms with Crippen molar-refractivity contribution in [3.63, 3.8) is 0 Å². The summed E-state index contributed by atoms with van der Waals surface area (Å²) < 4.78 is 10.3. The average Bonchev–Trinajstić information content (AvgIpc) is 1.29. The van der Waals surface area contributed by atoms with E-state index in [1.165, 1.54) is 273 Å². The van der Waals surface area contributed by atoms with E-state index in [0.717, 1.165) is 76.6 Å². The van der Waals surface area contributed by atoms with Gasteiger partial charge in [-0.2, -0.15) is 0 Å². The number of halogens is 12. The lowest BCUT2D eigenvalue weighted by Crippen LogP contribution is -3.00. The highest BCUT2D eigenvalue weighted by atomic mass is 79.9. The molecule has 4 aromatic heterocycles. The molecule has 0 unspecified atom stereocenters. The number of alkyl halides is 2. The van der Waals surface area contributed by atoms with Gasteiger partial charge < -0.3 is 43.5 Å². The molecule has 0 saturated carbocycles. The average molecular weight is 1950 g/mol. The first-order valence-electron chi connectivity index (χ1n) is 41.9. The largest absolute Gasteiger partial charge is 1.00 e. The second-order valence-corrected chi connectivity index (χ2v) is 33.5. The molecule has 0 aliphatic rings. The van der Waals surface area contributed by atoms with Gasteiger partial charge in [-0.15, -0.1) is 0 Å². The lowest BCUT2D eigenvalue weighted by Gasteiger charge is -2.05. The number of unbranched alkanes of at least 4 members (excludes halogenated alkanes) is 32. The Bertz CT molecular complexity index is 3800. The molecule has 10 aromatic rings. The zero-order chi connectivity index (χ0) is 79.0. The number of imidazole rings is 4. The van der Waals surface area contributed by atoms with Gasteiger partial charge in [0.25, 0.3) is 20.6 Å². The Kier molecular flexibility index (Phi) is 60.9. The molecule has 0 bridgehead atoms. The molecule has 0 amide bonds. The van der Waals surface area contributed by atoms with E-state index < -0.39 is 0 Å². The Morgan fingerprint density at radius 3 is 0.946 bits per heavy atom. The van der Waals surface area contributed by atoms with Gasteiger partial charge in [0.05, 0.1) is 38.8 Å². The van der Waals surface area contributed by atoms with Crippen LogP contribution in [0, 0.1) is 0 Å². The first-order chi connectivity index (χ1) is 53.8. The van der Waals surface area contributed by atoms with E-state index in [1.54, 1.807) is 6.33 Å². The van der Waals surface area contributed by atoms with Gasteiger partial charge in [0.2, 0.25) is 12.7 Å². The zero-order valence-electron chi connectivity index (χ0n) is 67.6. The van der Waals surface area contributed by atoms with Gasteiger partial charge in [0.15, 0.2) is 10.3 Å². The number of fused-ring (bicyclic) bond motifs is 3. The predicted molar refractivity (Wildman–Crippen MR) is 490 cm³/mol. The third-order valence-electron chi connectivity index (χ3n) is 20.2.